The molecule has 2 unspecified atom stereocenters. The minimum absolute atomic E-state index is 0.0276. The van der Waals surface area contributed by atoms with Crippen LogP contribution in [0.25, 0.3) is 0 Å². The van der Waals surface area contributed by atoms with E-state index in [1.807, 2.05) is 0 Å². The molecule has 2 aromatic carbocycles. The van der Waals surface area contributed by atoms with Gasteiger partial charge in [0.2, 0.25) is 0 Å². The highest BCUT2D eigenvalue weighted by atomic mass is 32.1. The van der Waals surface area contributed by atoms with Gasteiger partial charge in [0.15, 0.2) is 0 Å². The lowest BCUT2D eigenvalue weighted by atomic mass is 9.75. The highest BCUT2D eigenvalue weighted by Gasteiger charge is 2.39. The van der Waals surface area contributed by atoms with Crippen LogP contribution in [0.15, 0.2) is 24.3 Å². The Kier molecular flexibility index (Phi) is 11.3. The molecule has 0 aliphatic carbocycles. The second-order valence-electron chi connectivity index (χ2n) is 19.7. The molecule has 0 saturated heterocycles. The van der Waals surface area contributed by atoms with Crippen LogP contribution in [0.1, 0.15) is 184 Å². The standard InChI is InChI=1S/C44H66P2/c1-39(2,3)31-27-33(41(7,8)9)37(34(28-31)42(10,11)12)45-25-23-21-19-20-22-24-26-46(45)38-35(43(13,14)15)29-32(40(4,5)6)30-36(38)44(16,17)18/h27-30H,19-22H2,1-18H3. The Morgan fingerprint density at radius 2 is 0.630 bits per heavy atom. The maximum atomic E-state index is 4.08. The zero-order valence-corrected chi connectivity index (χ0v) is 34.8. The molecule has 0 nitrogen and oxygen atoms in total. The Balaban J connectivity index is 2.68. The van der Waals surface area contributed by atoms with E-state index in [0.717, 1.165) is 25.7 Å². The Bertz CT molecular complexity index is 1350. The molecule has 3 rings (SSSR count). The molecule has 2 aromatic rings. The summed E-state index contributed by atoms with van der Waals surface area (Å²) >= 11 is 0. The SMILES string of the molecule is CC(C)(C)c1cc(C(C)(C)C)c(P2C#CCCCCC#CP2c2c(C(C)(C)C)cc(C(C)(C)C)cc2C(C)(C)C)c(C(C)(C)C)c1. The Labute approximate surface area is 288 Å². The van der Waals surface area contributed by atoms with Crippen molar-refractivity contribution in [1.29, 1.82) is 0 Å². The fraction of sp³-hybridized carbons (Fsp3) is 0.636. The summed E-state index contributed by atoms with van der Waals surface area (Å²) in [7, 11) is -1.86. The van der Waals surface area contributed by atoms with E-state index in [9.17, 15) is 0 Å². The minimum atomic E-state index is -0.932. The van der Waals surface area contributed by atoms with Gasteiger partial charge < -0.3 is 0 Å². The maximum absolute atomic E-state index is 4.08. The zero-order chi connectivity index (χ0) is 35.3. The Morgan fingerprint density at radius 1 is 0.391 bits per heavy atom. The molecule has 1 aliphatic heterocycles. The summed E-state index contributed by atoms with van der Waals surface area (Å²) < 4.78 is 0. The van der Waals surface area contributed by atoms with Crippen LogP contribution in [0.4, 0.5) is 0 Å². The smallest absolute Gasteiger partial charge is 0.0460 e. The lowest BCUT2D eigenvalue weighted by molar-refractivity contribution is 0.552. The summed E-state index contributed by atoms with van der Waals surface area (Å²) in [5.74, 6) is 7.57. The first-order chi connectivity index (χ1) is 20.6. The predicted molar refractivity (Wildman–Crippen MR) is 212 cm³/mol. The van der Waals surface area contributed by atoms with Crippen molar-refractivity contribution in [2.75, 3.05) is 0 Å². The zero-order valence-electron chi connectivity index (χ0n) is 33.0. The molecule has 0 aromatic heterocycles. The monoisotopic (exact) mass is 656 g/mol. The van der Waals surface area contributed by atoms with Crippen molar-refractivity contribution in [1.82, 2.24) is 0 Å². The molecular formula is C44H66P2. The highest BCUT2D eigenvalue weighted by Crippen LogP contribution is 2.69. The van der Waals surface area contributed by atoms with Crippen LogP contribution in [0, 0.1) is 23.2 Å². The Hall–Kier alpha value is -1.58. The van der Waals surface area contributed by atoms with Gasteiger partial charge in [-0.15, -0.1) is 0 Å². The molecular weight excluding hydrogens is 590 g/mol. The van der Waals surface area contributed by atoms with Gasteiger partial charge in [-0.1, -0.05) is 172 Å². The van der Waals surface area contributed by atoms with Crippen LogP contribution in [0.5, 0.6) is 0 Å². The Morgan fingerprint density at radius 3 is 0.826 bits per heavy atom. The molecule has 0 fully saturated rings. The minimum Gasteiger partial charge on any atom is -0.0979 e. The summed E-state index contributed by atoms with van der Waals surface area (Å²) in [4.78, 5) is 0. The van der Waals surface area contributed by atoms with Crippen LogP contribution in [0.3, 0.4) is 0 Å². The van der Waals surface area contributed by atoms with Gasteiger partial charge in [0, 0.05) is 38.7 Å². The fourth-order valence-electron chi connectivity index (χ4n) is 5.98. The van der Waals surface area contributed by atoms with Gasteiger partial charge in [-0.25, -0.2) is 0 Å². The van der Waals surface area contributed by atoms with E-state index in [4.69, 9.17) is 0 Å². The summed E-state index contributed by atoms with van der Waals surface area (Å²) in [6.07, 6.45) is 4.18. The molecule has 2 heteroatoms. The lowest BCUT2D eigenvalue weighted by Crippen LogP contribution is -2.34. The molecule has 2 atom stereocenters. The van der Waals surface area contributed by atoms with E-state index >= 15 is 0 Å². The summed E-state index contributed by atoms with van der Waals surface area (Å²) in [5, 5.41) is 3.02. The van der Waals surface area contributed by atoms with Crippen molar-refractivity contribution >= 4 is 25.8 Å². The molecule has 0 radical (unpaired) electrons. The summed E-state index contributed by atoms with van der Waals surface area (Å²) in [6, 6.07) is 10.2. The first-order valence-corrected chi connectivity index (χ1v) is 21.0. The van der Waals surface area contributed by atoms with Crippen LogP contribution >= 0.6 is 15.2 Å². The van der Waals surface area contributed by atoms with Gasteiger partial charge in [0.1, 0.15) is 0 Å². The first-order valence-electron chi connectivity index (χ1n) is 17.6. The van der Waals surface area contributed by atoms with Crippen molar-refractivity contribution in [3.63, 3.8) is 0 Å². The van der Waals surface area contributed by atoms with Gasteiger partial charge in [-0.3, -0.25) is 0 Å². The van der Waals surface area contributed by atoms with E-state index in [0.29, 0.717) is 0 Å². The molecule has 0 N–H and O–H groups in total. The second-order valence-corrected chi connectivity index (χ2v) is 24.7. The molecule has 0 spiro atoms. The van der Waals surface area contributed by atoms with E-state index in [-0.39, 0.29) is 32.5 Å². The molecule has 0 amide bonds. The molecule has 1 heterocycles. The third-order valence-corrected chi connectivity index (χ3v) is 15.0. The van der Waals surface area contributed by atoms with Crippen LogP contribution in [0.2, 0.25) is 0 Å². The second kappa shape index (κ2) is 13.4. The van der Waals surface area contributed by atoms with E-state index in [1.165, 1.54) is 44.0 Å². The van der Waals surface area contributed by atoms with E-state index < -0.39 is 15.2 Å². The van der Waals surface area contributed by atoms with Crippen molar-refractivity contribution in [2.45, 2.75) is 183 Å². The summed E-state index contributed by atoms with van der Waals surface area (Å²) in [6.45, 7) is 43.0. The average Bonchev–Trinajstić information content (AvgIpc) is 2.86. The molecule has 46 heavy (non-hydrogen) atoms. The number of hydrogen-bond donors (Lipinski definition) is 0. The van der Waals surface area contributed by atoms with Gasteiger partial charge in [-0.05, 0) is 78.7 Å². The molecule has 0 bridgehead atoms. The molecule has 252 valence electrons. The maximum Gasteiger partial charge on any atom is 0.0460 e. The third-order valence-electron chi connectivity index (χ3n) is 9.03. The fourth-order valence-corrected chi connectivity index (χ4v) is 13.4. The van der Waals surface area contributed by atoms with Gasteiger partial charge >= 0.3 is 0 Å². The lowest BCUT2D eigenvalue weighted by Gasteiger charge is -2.39. The molecule has 1 aliphatic rings. The topological polar surface area (TPSA) is 0 Å². The van der Waals surface area contributed by atoms with E-state index in [1.54, 1.807) is 0 Å². The van der Waals surface area contributed by atoms with Crippen LogP contribution < -0.4 is 10.6 Å². The normalized spacial score (nSPS) is 18.7. The van der Waals surface area contributed by atoms with E-state index in [2.05, 4.69) is 172 Å². The molecule has 0 saturated carbocycles. The summed E-state index contributed by atoms with van der Waals surface area (Å²) in [5.41, 5.74) is 16.9. The highest BCUT2D eigenvalue weighted by molar-refractivity contribution is 8.39. The van der Waals surface area contributed by atoms with Gasteiger partial charge in [-0.2, -0.15) is 0 Å². The van der Waals surface area contributed by atoms with Crippen molar-refractivity contribution < 1.29 is 0 Å². The predicted octanol–water partition coefficient (Wildman–Crippen LogP) is 12.8. The van der Waals surface area contributed by atoms with Gasteiger partial charge in [0.25, 0.3) is 0 Å². The van der Waals surface area contributed by atoms with Crippen molar-refractivity contribution in [3.8, 4) is 23.2 Å². The largest absolute Gasteiger partial charge is 0.0979 e. The number of hydrogen-bond acceptors (Lipinski definition) is 0. The van der Waals surface area contributed by atoms with Crippen molar-refractivity contribution in [3.05, 3.63) is 57.6 Å². The van der Waals surface area contributed by atoms with Gasteiger partial charge in [0.05, 0.1) is 0 Å². The average molecular weight is 657 g/mol. The number of benzene rings is 2. The van der Waals surface area contributed by atoms with Crippen LogP contribution in [-0.4, -0.2) is 0 Å². The first kappa shape index (κ1) is 38.9. The third kappa shape index (κ3) is 9.10. The quantitative estimate of drug-likeness (QED) is 0.223. The van der Waals surface area contributed by atoms with Crippen molar-refractivity contribution in [2.24, 2.45) is 0 Å². The van der Waals surface area contributed by atoms with Crippen LogP contribution in [-0.2, 0) is 32.5 Å². The number of rotatable bonds is 2.